The second kappa shape index (κ2) is 7.16. The Labute approximate surface area is 121 Å². The summed E-state index contributed by atoms with van der Waals surface area (Å²) in [5, 5.41) is 8.69. The van der Waals surface area contributed by atoms with E-state index >= 15 is 0 Å². The van der Waals surface area contributed by atoms with Gasteiger partial charge in [-0.15, -0.1) is 11.3 Å². The van der Waals surface area contributed by atoms with Crippen molar-refractivity contribution in [1.29, 1.82) is 0 Å². The van der Waals surface area contributed by atoms with Crippen LogP contribution in [0, 0.1) is 0 Å². The lowest BCUT2D eigenvalue weighted by molar-refractivity contribution is -0.122. The average molecular weight is 295 g/mol. The van der Waals surface area contributed by atoms with Gasteiger partial charge in [-0.05, 0) is 18.4 Å². The smallest absolute Gasteiger partial charge is 0.227 e. The largest absolute Gasteiger partial charge is 0.383 e. The molecule has 0 aliphatic heterocycles. The van der Waals surface area contributed by atoms with E-state index in [0.29, 0.717) is 31.2 Å². The Kier molecular flexibility index (Phi) is 5.25. The van der Waals surface area contributed by atoms with Gasteiger partial charge < -0.3 is 14.6 Å². The minimum atomic E-state index is -0.0505. The van der Waals surface area contributed by atoms with E-state index in [-0.39, 0.29) is 11.9 Å². The fraction of sp³-hybridized carbons (Fsp3) is 0.462. The molecule has 0 aliphatic carbocycles. The summed E-state index contributed by atoms with van der Waals surface area (Å²) in [5.74, 6) is 0.997. The van der Waals surface area contributed by atoms with Crippen LogP contribution >= 0.6 is 11.3 Å². The molecule has 20 heavy (non-hydrogen) atoms. The molecule has 1 atom stereocenters. The van der Waals surface area contributed by atoms with Crippen molar-refractivity contribution >= 4 is 17.2 Å². The summed E-state index contributed by atoms with van der Waals surface area (Å²) in [6.07, 6.45) is 0.754. The quantitative estimate of drug-likeness (QED) is 0.844. The van der Waals surface area contributed by atoms with Crippen molar-refractivity contribution in [1.82, 2.24) is 15.5 Å². The first kappa shape index (κ1) is 14.7. The van der Waals surface area contributed by atoms with Crippen molar-refractivity contribution in [2.75, 3.05) is 13.7 Å². The van der Waals surface area contributed by atoms with Gasteiger partial charge in [-0.3, -0.25) is 4.79 Å². The van der Waals surface area contributed by atoms with Gasteiger partial charge in [-0.2, -0.15) is 4.98 Å². The van der Waals surface area contributed by atoms with Crippen molar-refractivity contribution in [3.8, 4) is 10.7 Å². The summed E-state index contributed by atoms with van der Waals surface area (Å²) in [7, 11) is 1.60. The maximum atomic E-state index is 11.7. The minimum absolute atomic E-state index is 0.00290. The molecule has 0 fully saturated rings. The van der Waals surface area contributed by atoms with Crippen LogP contribution in [0.15, 0.2) is 22.0 Å². The van der Waals surface area contributed by atoms with E-state index in [9.17, 15) is 4.79 Å². The number of rotatable bonds is 7. The third kappa shape index (κ3) is 4.14. The first-order valence-corrected chi connectivity index (χ1v) is 7.21. The van der Waals surface area contributed by atoms with E-state index in [2.05, 4.69) is 15.5 Å². The highest BCUT2D eigenvalue weighted by atomic mass is 32.1. The molecule has 0 saturated heterocycles. The normalized spacial score (nSPS) is 12.3. The molecule has 2 aromatic heterocycles. The zero-order chi connectivity index (χ0) is 14.4. The van der Waals surface area contributed by atoms with Gasteiger partial charge in [-0.25, -0.2) is 0 Å². The molecule has 0 spiro atoms. The molecule has 6 nitrogen and oxygen atoms in total. The predicted molar refractivity (Wildman–Crippen MR) is 75.4 cm³/mol. The molecule has 0 bridgehead atoms. The molecule has 0 unspecified atom stereocenters. The number of carbonyl (C=O) groups is 1. The molecule has 2 aromatic rings. The number of amides is 1. The number of hydrogen-bond donors (Lipinski definition) is 1. The summed E-state index contributed by atoms with van der Waals surface area (Å²) in [6.45, 7) is 2.39. The van der Waals surface area contributed by atoms with Crippen LogP contribution in [0.2, 0.25) is 0 Å². The summed E-state index contributed by atoms with van der Waals surface area (Å²) in [4.78, 5) is 16.9. The van der Waals surface area contributed by atoms with E-state index in [4.69, 9.17) is 9.26 Å². The Morgan fingerprint density at radius 3 is 3.15 bits per heavy atom. The maximum absolute atomic E-state index is 11.7. The molecule has 7 heteroatoms. The monoisotopic (exact) mass is 295 g/mol. The van der Waals surface area contributed by atoms with E-state index in [0.717, 1.165) is 4.88 Å². The third-order valence-corrected chi connectivity index (χ3v) is 3.47. The SMILES string of the molecule is COC[C@H](C)NC(=O)CCc1nc(-c2cccs2)no1. The zero-order valence-corrected chi connectivity index (χ0v) is 12.3. The van der Waals surface area contributed by atoms with E-state index in [1.807, 2.05) is 24.4 Å². The molecule has 0 aliphatic rings. The molecular weight excluding hydrogens is 278 g/mol. The highest BCUT2D eigenvalue weighted by Gasteiger charge is 2.12. The van der Waals surface area contributed by atoms with Crippen LogP contribution in [0.5, 0.6) is 0 Å². The number of hydrogen-bond acceptors (Lipinski definition) is 6. The number of aryl methyl sites for hydroxylation is 1. The van der Waals surface area contributed by atoms with Gasteiger partial charge in [0.2, 0.25) is 17.6 Å². The molecule has 0 radical (unpaired) electrons. The highest BCUT2D eigenvalue weighted by molar-refractivity contribution is 7.13. The second-order valence-corrected chi connectivity index (χ2v) is 5.36. The molecule has 0 saturated carbocycles. The number of methoxy groups -OCH3 is 1. The Hall–Kier alpha value is -1.73. The van der Waals surface area contributed by atoms with E-state index in [1.54, 1.807) is 18.4 Å². The number of thiophene rings is 1. The molecule has 0 aromatic carbocycles. The summed E-state index contributed by atoms with van der Waals surface area (Å²) in [6, 6.07) is 3.86. The van der Waals surface area contributed by atoms with E-state index in [1.165, 1.54) is 0 Å². The molecule has 2 heterocycles. The van der Waals surface area contributed by atoms with E-state index < -0.39 is 0 Å². The fourth-order valence-corrected chi connectivity index (χ4v) is 2.37. The number of ether oxygens (including phenoxy) is 1. The fourth-order valence-electron chi connectivity index (χ4n) is 1.72. The Morgan fingerprint density at radius 1 is 1.60 bits per heavy atom. The van der Waals surface area contributed by atoms with Gasteiger partial charge in [0, 0.05) is 26.0 Å². The first-order chi connectivity index (χ1) is 9.69. The second-order valence-electron chi connectivity index (χ2n) is 4.41. The molecule has 1 N–H and O–H groups in total. The van der Waals surface area contributed by atoms with Crippen LogP contribution in [0.25, 0.3) is 10.7 Å². The van der Waals surface area contributed by atoms with Crippen molar-refractivity contribution in [3.63, 3.8) is 0 Å². The summed E-state index contributed by atoms with van der Waals surface area (Å²) in [5.41, 5.74) is 0. The predicted octanol–water partition coefficient (Wildman–Crippen LogP) is 1.88. The van der Waals surface area contributed by atoms with Crippen LogP contribution in [-0.4, -0.2) is 35.8 Å². The minimum Gasteiger partial charge on any atom is -0.383 e. The van der Waals surface area contributed by atoms with Gasteiger partial charge in [-0.1, -0.05) is 11.2 Å². The van der Waals surface area contributed by atoms with Crippen LogP contribution in [0.1, 0.15) is 19.2 Å². The van der Waals surface area contributed by atoms with Gasteiger partial charge in [0.15, 0.2) is 0 Å². The molecule has 2 rings (SSSR count). The first-order valence-electron chi connectivity index (χ1n) is 6.34. The van der Waals surface area contributed by atoms with Crippen LogP contribution in [0.3, 0.4) is 0 Å². The standard InChI is InChI=1S/C13H17N3O3S/c1-9(8-18-2)14-11(17)5-6-12-15-13(16-19-12)10-4-3-7-20-10/h3-4,7,9H,5-6,8H2,1-2H3,(H,14,17)/t9-/m0/s1. The molecular formula is C13H17N3O3S. The Balaban J connectivity index is 1.81. The van der Waals surface area contributed by atoms with Gasteiger partial charge >= 0.3 is 0 Å². The lowest BCUT2D eigenvalue weighted by Crippen LogP contribution is -2.35. The van der Waals surface area contributed by atoms with Crippen molar-refractivity contribution in [2.45, 2.75) is 25.8 Å². The zero-order valence-electron chi connectivity index (χ0n) is 11.5. The van der Waals surface area contributed by atoms with Gasteiger partial charge in [0.1, 0.15) is 0 Å². The van der Waals surface area contributed by atoms with Crippen molar-refractivity contribution < 1.29 is 14.1 Å². The molecule has 1 amide bonds. The lowest BCUT2D eigenvalue weighted by atomic mass is 10.2. The Bertz CT molecular complexity index is 539. The Morgan fingerprint density at radius 2 is 2.45 bits per heavy atom. The van der Waals surface area contributed by atoms with Crippen molar-refractivity contribution in [2.24, 2.45) is 0 Å². The lowest BCUT2D eigenvalue weighted by Gasteiger charge is -2.11. The number of carbonyl (C=O) groups excluding carboxylic acids is 1. The summed E-state index contributed by atoms with van der Waals surface area (Å²) >= 11 is 1.55. The number of nitrogens with zero attached hydrogens (tertiary/aromatic N) is 2. The van der Waals surface area contributed by atoms with Gasteiger partial charge in [0.05, 0.1) is 11.5 Å². The van der Waals surface area contributed by atoms with Crippen LogP contribution < -0.4 is 5.32 Å². The van der Waals surface area contributed by atoms with Crippen LogP contribution in [0.4, 0.5) is 0 Å². The number of nitrogens with one attached hydrogen (secondary N) is 1. The molecule has 108 valence electrons. The maximum Gasteiger partial charge on any atom is 0.227 e. The average Bonchev–Trinajstić information content (AvgIpc) is 3.07. The third-order valence-electron chi connectivity index (χ3n) is 2.60. The highest BCUT2D eigenvalue weighted by Crippen LogP contribution is 2.21. The van der Waals surface area contributed by atoms with Gasteiger partial charge in [0.25, 0.3) is 0 Å². The summed E-state index contributed by atoms with van der Waals surface area (Å²) < 4.78 is 10.1. The van der Waals surface area contributed by atoms with Crippen molar-refractivity contribution in [3.05, 3.63) is 23.4 Å². The van der Waals surface area contributed by atoms with Crippen LogP contribution in [-0.2, 0) is 16.0 Å². The topological polar surface area (TPSA) is 77.2 Å². The number of aromatic nitrogens is 2.